The average molecular weight is 298 g/mol. The number of fused-ring (bicyclic) bond motifs is 1. The van der Waals surface area contributed by atoms with Crippen molar-refractivity contribution in [1.29, 1.82) is 0 Å². The molecular formula is C16H18N4O2. The fourth-order valence-electron chi connectivity index (χ4n) is 2.72. The third-order valence-corrected chi connectivity index (χ3v) is 3.91. The van der Waals surface area contributed by atoms with Crippen LogP contribution in [0.2, 0.25) is 0 Å². The standard InChI is InChI=1S/C16H18N4O2/c1-4-14(15-7-8-18-19(15)2)20-10-17-13-6-5-11(22-3)9-12(13)16(20)21/h5-10,14H,4H2,1-3H3. The van der Waals surface area contributed by atoms with Gasteiger partial charge >= 0.3 is 0 Å². The second-order valence-electron chi connectivity index (χ2n) is 5.14. The Morgan fingerprint density at radius 3 is 2.77 bits per heavy atom. The summed E-state index contributed by atoms with van der Waals surface area (Å²) < 4.78 is 8.66. The number of hydrogen-bond acceptors (Lipinski definition) is 4. The molecule has 6 heteroatoms. The van der Waals surface area contributed by atoms with E-state index in [0.29, 0.717) is 16.7 Å². The Kier molecular flexibility index (Phi) is 3.66. The van der Waals surface area contributed by atoms with Crippen LogP contribution in [-0.2, 0) is 7.05 Å². The van der Waals surface area contributed by atoms with Gasteiger partial charge in [0.05, 0.1) is 36.1 Å². The molecule has 3 aromatic rings. The number of methoxy groups -OCH3 is 1. The highest BCUT2D eigenvalue weighted by Gasteiger charge is 2.18. The lowest BCUT2D eigenvalue weighted by atomic mass is 10.1. The lowest BCUT2D eigenvalue weighted by Gasteiger charge is -2.18. The van der Waals surface area contributed by atoms with Gasteiger partial charge in [-0.1, -0.05) is 6.92 Å². The molecule has 0 saturated heterocycles. The van der Waals surface area contributed by atoms with Gasteiger partial charge in [0, 0.05) is 13.2 Å². The maximum Gasteiger partial charge on any atom is 0.261 e. The van der Waals surface area contributed by atoms with Crippen molar-refractivity contribution in [3.63, 3.8) is 0 Å². The first-order valence-electron chi connectivity index (χ1n) is 7.18. The summed E-state index contributed by atoms with van der Waals surface area (Å²) in [4.78, 5) is 17.2. The highest BCUT2D eigenvalue weighted by molar-refractivity contribution is 5.78. The summed E-state index contributed by atoms with van der Waals surface area (Å²) >= 11 is 0. The molecule has 0 aliphatic heterocycles. The average Bonchev–Trinajstić information content (AvgIpc) is 2.96. The third-order valence-electron chi connectivity index (χ3n) is 3.91. The predicted octanol–water partition coefficient (Wildman–Crippen LogP) is 2.14. The van der Waals surface area contributed by atoms with Crippen molar-refractivity contribution in [2.75, 3.05) is 7.11 Å². The van der Waals surface area contributed by atoms with Crippen LogP contribution >= 0.6 is 0 Å². The van der Waals surface area contributed by atoms with Crippen LogP contribution in [0.3, 0.4) is 0 Å². The molecule has 1 unspecified atom stereocenters. The first kappa shape index (κ1) is 14.3. The largest absolute Gasteiger partial charge is 0.497 e. The van der Waals surface area contributed by atoms with Gasteiger partial charge in [0.1, 0.15) is 5.75 Å². The predicted molar refractivity (Wildman–Crippen MR) is 84.2 cm³/mol. The number of hydrogen-bond donors (Lipinski definition) is 0. The normalized spacial score (nSPS) is 12.5. The van der Waals surface area contributed by atoms with Gasteiger partial charge < -0.3 is 4.74 Å². The minimum Gasteiger partial charge on any atom is -0.497 e. The Hall–Kier alpha value is -2.63. The van der Waals surface area contributed by atoms with Gasteiger partial charge in [0.2, 0.25) is 0 Å². The summed E-state index contributed by atoms with van der Waals surface area (Å²) in [6.07, 6.45) is 4.12. The molecule has 2 aromatic heterocycles. The number of rotatable bonds is 4. The molecule has 6 nitrogen and oxygen atoms in total. The van der Waals surface area contributed by atoms with Crippen molar-refractivity contribution in [3.05, 3.63) is 52.8 Å². The van der Waals surface area contributed by atoms with Crippen molar-refractivity contribution >= 4 is 10.9 Å². The van der Waals surface area contributed by atoms with Crippen molar-refractivity contribution in [1.82, 2.24) is 19.3 Å². The second-order valence-corrected chi connectivity index (χ2v) is 5.14. The quantitative estimate of drug-likeness (QED) is 0.740. The first-order chi connectivity index (χ1) is 10.7. The molecule has 1 aromatic carbocycles. The van der Waals surface area contributed by atoms with Crippen LogP contribution in [0.1, 0.15) is 25.1 Å². The van der Waals surface area contributed by atoms with Crippen molar-refractivity contribution < 1.29 is 4.74 Å². The number of aromatic nitrogens is 4. The highest BCUT2D eigenvalue weighted by Crippen LogP contribution is 2.21. The fourth-order valence-corrected chi connectivity index (χ4v) is 2.72. The molecule has 0 N–H and O–H groups in total. The molecule has 0 spiro atoms. The number of benzene rings is 1. The summed E-state index contributed by atoms with van der Waals surface area (Å²) in [7, 11) is 3.46. The maximum absolute atomic E-state index is 12.8. The third kappa shape index (κ3) is 2.26. The van der Waals surface area contributed by atoms with E-state index in [-0.39, 0.29) is 11.6 Å². The molecular weight excluding hydrogens is 280 g/mol. The van der Waals surface area contributed by atoms with E-state index in [1.54, 1.807) is 47.1 Å². The monoisotopic (exact) mass is 298 g/mol. The van der Waals surface area contributed by atoms with Crippen LogP contribution in [0, 0.1) is 0 Å². The summed E-state index contributed by atoms with van der Waals surface area (Å²) in [5.41, 5.74) is 1.58. The van der Waals surface area contributed by atoms with Crippen molar-refractivity contribution in [2.24, 2.45) is 7.05 Å². The SMILES string of the molecule is CCC(c1ccnn1C)n1cnc2ccc(OC)cc2c1=O. The van der Waals surface area contributed by atoms with E-state index in [4.69, 9.17) is 4.74 Å². The molecule has 0 aliphatic rings. The zero-order valence-electron chi connectivity index (χ0n) is 12.9. The Balaban J connectivity index is 2.20. The Morgan fingerprint density at radius 1 is 1.32 bits per heavy atom. The van der Waals surface area contributed by atoms with E-state index >= 15 is 0 Å². The number of nitrogens with zero attached hydrogens (tertiary/aromatic N) is 4. The van der Waals surface area contributed by atoms with E-state index in [1.165, 1.54) is 0 Å². The zero-order chi connectivity index (χ0) is 15.7. The van der Waals surface area contributed by atoms with Crippen LogP contribution in [0.5, 0.6) is 5.75 Å². The van der Waals surface area contributed by atoms with Gasteiger partial charge in [-0.25, -0.2) is 4.98 Å². The van der Waals surface area contributed by atoms with Gasteiger partial charge in [-0.05, 0) is 30.7 Å². The second kappa shape index (κ2) is 5.63. The summed E-state index contributed by atoms with van der Waals surface area (Å²) in [6, 6.07) is 7.17. The molecule has 0 fully saturated rings. The topological polar surface area (TPSA) is 61.9 Å². The van der Waals surface area contributed by atoms with Crippen LogP contribution in [0.15, 0.2) is 41.6 Å². The van der Waals surface area contributed by atoms with Crippen LogP contribution in [0.25, 0.3) is 10.9 Å². The van der Waals surface area contributed by atoms with Gasteiger partial charge in [-0.2, -0.15) is 5.10 Å². The number of aryl methyl sites for hydroxylation is 1. The molecule has 0 radical (unpaired) electrons. The highest BCUT2D eigenvalue weighted by atomic mass is 16.5. The fraction of sp³-hybridized carbons (Fsp3) is 0.312. The molecule has 0 saturated carbocycles. The van der Waals surface area contributed by atoms with Crippen LogP contribution < -0.4 is 10.3 Å². The molecule has 22 heavy (non-hydrogen) atoms. The molecule has 1 atom stereocenters. The molecule has 0 bridgehead atoms. The number of ether oxygens (including phenoxy) is 1. The molecule has 114 valence electrons. The molecule has 0 amide bonds. The Morgan fingerprint density at radius 2 is 2.14 bits per heavy atom. The van der Waals surface area contributed by atoms with E-state index in [2.05, 4.69) is 10.1 Å². The van der Waals surface area contributed by atoms with Gasteiger partial charge in [-0.15, -0.1) is 0 Å². The van der Waals surface area contributed by atoms with Gasteiger partial charge in [-0.3, -0.25) is 14.0 Å². The lowest BCUT2D eigenvalue weighted by Crippen LogP contribution is -2.27. The van der Waals surface area contributed by atoms with Gasteiger partial charge in [0.15, 0.2) is 0 Å². The maximum atomic E-state index is 12.8. The van der Waals surface area contributed by atoms with E-state index in [9.17, 15) is 4.79 Å². The van der Waals surface area contributed by atoms with E-state index in [1.807, 2.05) is 20.0 Å². The van der Waals surface area contributed by atoms with Crippen LogP contribution in [0.4, 0.5) is 0 Å². The summed E-state index contributed by atoms with van der Waals surface area (Å²) in [6.45, 7) is 2.04. The van der Waals surface area contributed by atoms with Gasteiger partial charge in [0.25, 0.3) is 5.56 Å². The van der Waals surface area contributed by atoms with E-state index in [0.717, 1.165) is 12.1 Å². The van der Waals surface area contributed by atoms with Crippen LogP contribution in [-0.4, -0.2) is 26.4 Å². The molecule has 2 heterocycles. The lowest BCUT2D eigenvalue weighted by molar-refractivity contribution is 0.415. The smallest absolute Gasteiger partial charge is 0.261 e. The van der Waals surface area contributed by atoms with E-state index < -0.39 is 0 Å². The first-order valence-corrected chi connectivity index (χ1v) is 7.18. The zero-order valence-corrected chi connectivity index (χ0v) is 12.9. The Labute approximate surface area is 128 Å². The van der Waals surface area contributed by atoms with Crippen molar-refractivity contribution in [3.8, 4) is 5.75 Å². The summed E-state index contributed by atoms with van der Waals surface area (Å²) in [5, 5.41) is 4.75. The molecule has 3 rings (SSSR count). The minimum absolute atomic E-state index is 0.0723. The van der Waals surface area contributed by atoms with Crippen molar-refractivity contribution in [2.45, 2.75) is 19.4 Å². The Bertz CT molecular complexity index is 866. The minimum atomic E-state index is -0.0944. The summed E-state index contributed by atoms with van der Waals surface area (Å²) in [5.74, 6) is 0.651. The molecule has 0 aliphatic carbocycles.